The Kier molecular flexibility index (Phi) is 5.91. The van der Waals surface area contributed by atoms with E-state index < -0.39 is 0 Å². The lowest BCUT2D eigenvalue weighted by Gasteiger charge is -2.21. The third kappa shape index (κ3) is 4.63. The van der Waals surface area contributed by atoms with Crippen LogP contribution < -0.4 is 0 Å². The molecule has 4 nitrogen and oxygen atoms in total. The van der Waals surface area contributed by atoms with Crippen LogP contribution >= 0.6 is 0 Å². The number of benzene rings is 1. The van der Waals surface area contributed by atoms with Crippen LogP contribution in [-0.4, -0.2) is 66.6 Å². The number of hydrogen-bond donors (Lipinski definition) is 1. The van der Waals surface area contributed by atoms with E-state index in [2.05, 4.69) is 9.80 Å². The third-order valence-corrected chi connectivity index (χ3v) is 4.16. The van der Waals surface area contributed by atoms with Gasteiger partial charge in [0.05, 0.1) is 13.2 Å². The zero-order chi connectivity index (χ0) is 15.2. The molecule has 0 atom stereocenters. The molecule has 1 heterocycles. The summed E-state index contributed by atoms with van der Waals surface area (Å²) in [6.45, 7) is 9.26. The molecule has 1 aromatic rings. The van der Waals surface area contributed by atoms with Gasteiger partial charge in [-0.05, 0) is 45.0 Å². The standard InChI is InChI=1S/C17H26N2O2/c1-14-4-5-15(2)16(12-14)17(21)13-19-7-3-6-18(8-9-19)10-11-20/h4-5,12,20H,3,6-11,13H2,1-2H3. The molecule has 0 aromatic heterocycles. The molecule has 0 aliphatic carbocycles. The molecule has 116 valence electrons. The van der Waals surface area contributed by atoms with Gasteiger partial charge in [-0.3, -0.25) is 14.6 Å². The number of β-amino-alcohol motifs (C(OH)–C–C–N with tert-alkyl or cyclic N) is 1. The van der Waals surface area contributed by atoms with Crippen LogP contribution in [0.1, 0.15) is 27.9 Å². The topological polar surface area (TPSA) is 43.8 Å². The Labute approximate surface area is 127 Å². The summed E-state index contributed by atoms with van der Waals surface area (Å²) in [5, 5.41) is 9.02. The molecular weight excluding hydrogens is 264 g/mol. The minimum atomic E-state index is 0.210. The van der Waals surface area contributed by atoms with E-state index in [-0.39, 0.29) is 12.4 Å². The molecule has 2 rings (SSSR count). The Bertz CT molecular complexity index is 488. The first kappa shape index (κ1) is 16.1. The second-order valence-electron chi connectivity index (χ2n) is 5.94. The predicted molar refractivity (Wildman–Crippen MR) is 84.8 cm³/mol. The van der Waals surface area contributed by atoms with Crippen LogP contribution in [0.25, 0.3) is 0 Å². The molecule has 1 aromatic carbocycles. The van der Waals surface area contributed by atoms with E-state index in [0.717, 1.165) is 55.8 Å². The van der Waals surface area contributed by atoms with Crippen LogP contribution in [0.5, 0.6) is 0 Å². The smallest absolute Gasteiger partial charge is 0.177 e. The zero-order valence-electron chi connectivity index (χ0n) is 13.1. The molecule has 1 aliphatic heterocycles. The summed E-state index contributed by atoms with van der Waals surface area (Å²) in [5.41, 5.74) is 3.04. The number of hydrogen-bond acceptors (Lipinski definition) is 4. The highest BCUT2D eigenvalue weighted by molar-refractivity contribution is 5.99. The number of nitrogens with zero attached hydrogens (tertiary/aromatic N) is 2. The maximum Gasteiger partial charge on any atom is 0.177 e. The highest BCUT2D eigenvalue weighted by atomic mass is 16.3. The first-order chi connectivity index (χ1) is 10.1. The van der Waals surface area contributed by atoms with Crippen molar-refractivity contribution in [3.05, 3.63) is 34.9 Å². The summed E-state index contributed by atoms with van der Waals surface area (Å²) < 4.78 is 0. The van der Waals surface area contributed by atoms with Crippen LogP contribution in [0, 0.1) is 13.8 Å². The second-order valence-corrected chi connectivity index (χ2v) is 5.94. The van der Waals surface area contributed by atoms with E-state index in [1.165, 1.54) is 0 Å². The fraction of sp³-hybridized carbons (Fsp3) is 0.588. The fourth-order valence-corrected chi connectivity index (χ4v) is 2.87. The minimum absolute atomic E-state index is 0.210. The van der Waals surface area contributed by atoms with E-state index >= 15 is 0 Å². The third-order valence-electron chi connectivity index (χ3n) is 4.16. The number of aliphatic hydroxyl groups is 1. The molecule has 1 aliphatic rings. The van der Waals surface area contributed by atoms with Crippen LogP contribution in [0.2, 0.25) is 0 Å². The Morgan fingerprint density at radius 1 is 1.14 bits per heavy atom. The molecule has 1 N–H and O–H groups in total. The van der Waals surface area contributed by atoms with Crippen molar-refractivity contribution in [2.75, 3.05) is 45.9 Å². The van der Waals surface area contributed by atoms with Crippen molar-refractivity contribution in [3.8, 4) is 0 Å². The fourth-order valence-electron chi connectivity index (χ4n) is 2.87. The highest BCUT2D eigenvalue weighted by Crippen LogP contribution is 2.13. The largest absolute Gasteiger partial charge is 0.395 e. The first-order valence-corrected chi connectivity index (χ1v) is 7.76. The zero-order valence-corrected chi connectivity index (χ0v) is 13.1. The van der Waals surface area contributed by atoms with Gasteiger partial charge in [0.1, 0.15) is 0 Å². The van der Waals surface area contributed by atoms with Crippen molar-refractivity contribution in [1.29, 1.82) is 0 Å². The first-order valence-electron chi connectivity index (χ1n) is 7.76. The quantitative estimate of drug-likeness (QED) is 0.834. The van der Waals surface area contributed by atoms with Gasteiger partial charge in [-0.2, -0.15) is 0 Å². The number of carbonyl (C=O) groups excluding carboxylic acids is 1. The molecule has 0 radical (unpaired) electrons. The molecule has 21 heavy (non-hydrogen) atoms. The molecule has 1 fully saturated rings. The Morgan fingerprint density at radius 3 is 2.62 bits per heavy atom. The molecular formula is C17H26N2O2. The summed E-state index contributed by atoms with van der Waals surface area (Å²) >= 11 is 0. The van der Waals surface area contributed by atoms with E-state index in [0.29, 0.717) is 6.54 Å². The molecule has 0 spiro atoms. The summed E-state index contributed by atoms with van der Waals surface area (Å²) in [5.74, 6) is 0.215. The number of rotatable bonds is 5. The minimum Gasteiger partial charge on any atom is -0.395 e. The number of ketones is 1. The van der Waals surface area contributed by atoms with Gasteiger partial charge in [0.25, 0.3) is 0 Å². The van der Waals surface area contributed by atoms with Gasteiger partial charge in [0.2, 0.25) is 0 Å². The summed E-state index contributed by atoms with van der Waals surface area (Å²) in [7, 11) is 0. The summed E-state index contributed by atoms with van der Waals surface area (Å²) in [6.07, 6.45) is 1.06. The summed E-state index contributed by atoms with van der Waals surface area (Å²) in [4.78, 5) is 17.0. The highest BCUT2D eigenvalue weighted by Gasteiger charge is 2.18. The van der Waals surface area contributed by atoms with Gasteiger partial charge in [-0.25, -0.2) is 0 Å². The Morgan fingerprint density at radius 2 is 1.86 bits per heavy atom. The maximum atomic E-state index is 12.5. The average molecular weight is 290 g/mol. The van der Waals surface area contributed by atoms with Gasteiger partial charge in [0.15, 0.2) is 5.78 Å². The molecule has 0 saturated carbocycles. The van der Waals surface area contributed by atoms with Gasteiger partial charge < -0.3 is 5.11 Å². The van der Waals surface area contributed by atoms with Crippen molar-refractivity contribution in [3.63, 3.8) is 0 Å². The Hall–Kier alpha value is -1.23. The summed E-state index contributed by atoms with van der Waals surface area (Å²) in [6, 6.07) is 6.06. The lowest BCUT2D eigenvalue weighted by molar-refractivity contribution is 0.0931. The monoisotopic (exact) mass is 290 g/mol. The molecule has 0 unspecified atom stereocenters. The van der Waals surface area contributed by atoms with Crippen LogP contribution in [0.3, 0.4) is 0 Å². The van der Waals surface area contributed by atoms with Gasteiger partial charge in [-0.15, -0.1) is 0 Å². The van der Waals surface area contributed by atoms with E-state index in [9.17, 15) is 4.79 Å². The average Bonchev–Trinajstić information content (AvgIpc) is 2.67. The van der Waals surface area contributed by atoms with Crippen molar-refractivity contribution in [2.45, 2.75) is 20.3 Å². The number of carbonyl (C=O) groups is 1. The van der Waals surface area contributed by atoms with Gasteiger partial charge in [0, 0.05) is 25.2 Å². The number of aryl methyl sites for hydroxylation is 2. The van der Waals surface area contributed by atoms with Gasteiger partial charge >= 0.3 is 0 Å². The van der Waals surface area contributed by atoms with E-state index in [4.69, 9.17) is 5.11 Å². The normalized spacial score (nSPS) is 17.7. The lowest BCUT2D eigenvalue weighted by atomic mass is 10.0. The van der Waals surface area contributed by atoms with Crippen LogP contribution in [0.15, 0.2) is 18.2 Å². The second kappa shape index (κ2) is 7.69. The van der Waals surface area contributed by atoms with Crippen molar-refractivity contribution < 1.29 is 9.90 Å². The number of Topliss-reactive ketones (excluding diaryl/α,β-unsaturated/α-hetero) is 1. The van der Waals surface area contributed by atoms with Crippen LogP contribution in [0.4, 0.5) is 0 Å². The van der Waals surface area contributed by atoms with Gasteiger partial charge in [-0.1, -0.05) is 17.7 Å². The number of aliphatic hydroxyl groups excluding tert-OH is 1. The molecule has 1 saturated heterocycles. The van der Waals surface area contributed by atoms with E-state index in [1.54, 1.807) is 0 Å². The predicted octanol–water partition coefficient (Wildman–Crippen LogP) is 1.49. The van der Waals surface area contributed by atoms with Crippen LogP contribution in [-0.2, 0) is 0 Å². The SMILES string of the molecule is Cc1ccc(C)c(C(=O)CN2CCCN(CCO)CC2)c1. The molecule has 4 heteroatoms. The van der Waals surface area contributed by atoms with Crippen molar-refractivity contribution in [2.24, 2.45) is 0 Å². The maximum absolute atomic E-state index is 12.5. The Balaban J connectivity index is 1.95. The van der Waals surface area contributed by atoms with Crippen molar-refractivity contribution in [1.82, 2.24) is 9.80 Å². The van der Waals surface area contributed by atoms with E-state index in [1.807, 2.05) is 32.0 Å². The molecule has 0 amide bonds. The van der Waals surface area contributed by atoms with Crippen molar-refractivity contribution >= 4 is 5.78 Å². The lowest BCUT2D eigenvalue weighted by Crippen LogP contribution is -2.35. The molecule has 0 bridgehead atoms.